The van der Waals surface area contributed by atoms with Gasteiger partial charge in [-0.1, -0.05) is 6.42 Å². The fraction of sp³-hybridized carbons (Fsp3) is 0.684. The summed E-state index contributed by atoms with van der Waals surface area (Å²) in [5.74, 6) is 0.664. The number of rotatable bonds is 4. The van der Waals surface area contributed by atoms with E-state index in [1.54, 1.807) is 4.90 Å². The molecule has 3 fully saturated rings. The number of nitrogens with one attached hydrogen (secondary N) is 1. The average molecular weight is 374 g/mol. The quantitative estimate of drug-likeness (QED) is 0.813. The van der Waals surface area contributed by atoms with Crippen LogP contribution in [0.3, 0.4) is 0 Å². The first-order valence-electron chi connectivity index (χ1n) is 9.84. The van der Waals surface area contributed by atoms with Gasteiger partial charge in [-0.3, -0.25) is 23.9 Å². The fourth-order valence-corrected chi connectivity index (χ4v) is 4.59. The minimum absolute atomic E-state index is 0.119. The van der Waals surface area contributed by atoms with E-state index >= 15 is 0 Å². The number of nitrogens with zero attached hydrogens (tertiary/aromatic N) is 3. The predicted molar refractivity (Wildman–Crippen MR) is 98.1 cm³/mol. The molecule has 8 heteroatoms. The number of amides is 2. The topological polar surface area (TPSA) is 95.5 Å². The largest absolute Gasteiger partial charge is 0.342 e. The van der Waals surface area contributed by atoms with Crippen LogP contribution in [0.25, 0.3) is 0 Å². The van der Waals surface area contributed by atoms with Crippen molar-refractivity contribution in [2.75, 3.05) is 26.2 Å². The van der Waals surface area contributed by atoms with Gasteiger partial charge in [-0.15, -0.1) is 0 Å². The first-order chi connectivity index (χ1) is 13.0. The van der Waals surface area contributed by atoms with Gasteiger partial charge in [0, 0.05) is 38.4 Å². The van der Waals surface area contributed by atoms with Gasteiger partial charge in [0.05, 0.1) is 5.41 Å². The summed E-state index contributed by atoms with van der Waals surface area (Å²) in [7, 11) is 0. The maximum absolute atomic E-state index is 13.1. The predicted octanol–water partition coefficient (Wildman–Crippen LogP) is 0.178. The molecule has 1 spiro atoms. The number of hydrogen-bond acceptors (Lipinski definition) is 4. The van der Waals surface area contributed by atoms with E-state index in [9.17, 15) is 19.2 Å². The lowest BCUT2D eigenvalue weighted by Crippen LogP contribution is -2.52. The smallest absolute Gasteiger partial charge is 0.328 e. The second kappa shape index (κ2) is 6.98. The Hall–Kier alpha value is -2.38. The maximum atomic E-state index is 13.1. The van der Waals surface area contributed by atoms with Gasteiger partial charge in [0.1, 0.15) is 6.54 Å². The lowest BCUT2D eigenvalue weighted by Gasteiger charge is -2.42. The number of H-pyrrole nitrogens is 1. The number of carbonyl (C=O) groups is 2. The zero-order valence-electron chi connectivity index (χ0n) is 15.5. The Bertz CT molecular complexity index is 856. The van der Waals surface area contributed by atoms with Crippen LogP contribution in [0, 0.1) is 11.3 Å². The van der Waals surface area contributed by atoms with Gasteiger partial charge in [0.2, 0.25) is 11.8 Å². The fourth-order valence-electron chi connectivity index (χ4n) is 4.59. The van der Waals surface area contributed by atoms with E-state index in [0.717, 1.165) is 25.9 Å². The summed E-state index contributed by atoms with van der Waals surface area (Å²) < 4.78 is 1.19. The van der Waals surface area contributed by atoms with Crippen LogP contribution in [-0.4, -0.2) is 57.3 Å². The first kappa shape index (κ1) is 18.0. The molecule has 2 amide bonds. The van der Waals surface area contributed by atoms with Crippen LogP contribution in [0.4, 0.5) is 0 Å². The highest BCUT2D eigenvalue weighted by molar-refractivity contribution is 5.86. The molecule has 0 aromatic carbocycles. The van der Waals surface area contributed by atoms with Crippen LogP contribution in [0.5, 0.6) is 0 Å². The number of aromatic nitrogens is 2. The molecule has 1 aliphatic carbocycles. The lowest BCUT2D eigenvalue weighted by atomic mass is 9.77. The number of piperidine rings is 1. The van der Waals surface area contributed by atoms with Gasteiger partial charge < -0.3 is 9.80 Å². The van der Waals surface area contributed by atoms with Crippen LogP contribution in [0.1, 0.15) is 38.5 Å². The van der Waals surface area contributed by atoms with E-state index in [-0.39, 0.29) is 18.4 Å². The van der Waals surface area contributed by atoms with Crippen molar-refractivity contribution in [3.8, 4) is 0 Å². The van der Waals surface area contributed by atoms with Crippen molar-refractivity contribution in [3.63, 3.8) is 0 Å². The standard InChI is InChI=1S/C19H26N4O4/c24-15-5-9-22(18(27)20-15)12-16(25)23-10-7-19(13-23)6-2-8-21(17(19)26)11-14-3-1-4-14/h5,9,14H,1-4,6-8,10-13H2,(H,20,24,27). The summed E-state index contributed by atoms with van der Waals surface area (Å²) in [5, 5.41) is 0. The van der Waals surface area contributed by atoms with Crippen molar-refractivity contribution < 1.29 is 9.59 Å². The molecule has 0 radical (unpaired) electrons. The van der Waals surface area contributed by atoms with Gasteiger partial charge in [0.15, 0.2) is 0 Å². The van der Waals surface area contributed by atoms with Gasteiger partial charge in [-0.2, -0.15) is 0 Å². The van der Waals surface area contributed by atoms with Crippen LogP contribution >= 0.6 is 0 Å². The second-order valence-corrected chi connectivity index (χ2v) is 8.24. The Balaban J connectivity index is 1.42. The Morgan fingerprint density at radius 2 is 1.96 bits per heavy atom. The third-order valence-electron chi connectivity index (χ3n) is 6.44. The summed E-state index contributed by atoms with van der Waals surface area (Å²) in [6, 6.07) is 1.23. The molecular weight excluding hydrogens is 348 g/mol. The summed E-state index contributed by atoms with van der Waals surface area (Å²) >= 11 is 0. The van der Waals surface area contributed by atoms with Crippen LogP contribution in [0.2, 0.25) is 0 Å². The highest BCUT2D eigenvalue weighted by atomic mass is 16.2. The zero-order chi connectivity index (χ0) is 19.0. The molecular formula is C19H26N4O4. The lowest BCUT2D eigenvalue weighted by molar-refractivity contribution is -0.147. The van der Waals surface area contributed by atoms with Crippen molar-refractivity contribution >= 4 is 11.8 Å². The molecule has 146 valence electrons. The van der Waals surface area contributed by atoms with Crippen molar-refractivity contribution in [3.05, 3.63) is 33.1 Å². The van der Waals surface area contributed by atoms with Gasteiger partial charge in [-0.05, 0) is 38.0 Å². The monoisotopic (exact) mass is 374 g/mol. The molecule has 2 saturated heterocycles. The Labute approximate surface area is 157 Å². The van der Waals surface area contributed by atoms with E-state index in [4.69, 9.17) is 0 Å². The molecule has 3 heterocycles. The van der Waals surface area contributed by atoms with E-state index < -0.39 is 16.7 Å². The molecule has 4 rings (SSSR count). The van der Waals surface area contributed by atoms with Crippen LogP contribution < -0.4 is 11.2 Å². The minimum atomic E-state index is -0.592. The molecule has 0 bridgehead atoms. The molecule has 1 atom stereocenters. The number of aromatic amines is 1. The van der Waals surface area contributed by atoms with Gasteiger partial charge in [-0.25, -0.2) is 4.79 Å². The van der Waals surface area contributed by atoms with Gasteiger partial charge in [0.25, 0.3) is 5.56 Å². The minimum Gasteiger partial charge on any atom is -0.342 e. The normalized spacial score (nSPS) is 25.9. The maximum Gasteiger partial charge on any atom is 0.328 e. The van der Waals surface area contributed by atoms with Crippen molar-refractivity contribution in [2.24, 2.45) is 11.3 Å². The molecule has 1 saturated carbocycles. The summed E-state index contributed by atoms with van der Waals surface area (Å²) in [4.78, 5) is 54.6. The van der Waals surface area contributed by atoms with E-state index in [0.29, 0.717) is 25.4 Å². The summed E-state index contributed by atoms with van der Waals surface area (Å²) in [5.41, 5.74) is -1.53. The molecule has 8 nitrogen and oxygen atoms in total. The summed E-state index contributed by atoms with van der Waals surface area (Å²) in [6.07, 6.45) is 7.54. The molecule has 2 aliphatic heterocycles. The van der Waals surface area contributed by atoms with E-state index in [2.05, 4.69) is 4.98 Å². The number of likely N-dealkylation sites (tertiary alicyclic amines) is 2. The molecule has 1 aromatic heterocycles. The van der Waals surface area contributed by atoms with E-state index in [1.165, 1.54) is 36.1 Å². The Morgan fingerprint density at radius 1 is 1.15 bits per heavy atom. The van der Waals surface area contributed by atoms with Gasteiger partial charge >= 0.3 is 5.69 Å². The van der Waals surface area contributed by atoms with Crippen molar-refractivity contribution in [2.45, 2.75) is 45.1 Å². The Morgan fingerprint density at radius 3 is 2.67 bits per heavy atom. The van der Waals surface area contributed by atoms with Crippen LogP contribution in [0.15, 0.2) is 21.9 Å². The van der Waals surface area contributed by atoms with Crippen molar-refractivity contribution in [1.82, 2.24) is 19.4 Å². The summed E-state index contributed by atoms with van der Waals surface area (Å²) in [6.45, 7) is 2.55. The first-order valence-corrected chi connectivity index (χ1v) is 9.84. The molecule has 1 unspecified atom stereocenters. The van der Waals surface area contributed by atoms with Crippen LogP contribution in [-0.2, 0) is 16.1 Å². The molecule has 1 aromatic rings. The number of carbonyl (C=O) groups excluding carboxylic acids is 2. The Kier molecular flexibility index (Phi) is 4.65. The molecule has 3 aliphatic rings. The van der Waals surface area contributed by atoms with E-state index in [1.807, 2.05) is 4.90 Å². The third kappa shape index (κ3) is 3.44. The number of hydrogen-bond donors (Lipinski definition) is 1. The van der Waals surface area contributed by atoms with Crippen molar-refractivity contribution in [1.29, 1.82) is 0 Å². The second-order valence-electron chi connectivity index (χ2n) is 8.24. The molecule has 1 N–H and O–H groups in total. The highest BCUT2D eigenvalue weighted by Crippen LogP contribution is 2.41. The third-order valence-corrected chi connectivity index (χ3v) is 6.44. The highest BCUT2D eigenvalue weighted by Gasteiger charge is 2.49. The SMILES string of the molecule is O=C(Cn1ccc(=O)[nH]c1=O)N1CCC2(CCCN(CC3CCC3)C2=O)C1. The molecule has 27 heavy (non-hydrogen) atoms. The zero-order valence-corrected chi connectivity index (χ0v) is 15.5. The average Bonchev–Trinajstić information content (AvgIpc) is 3.02.